The van der Waals surface area contributed by atoms with Crippen molar-refractivity contribution >= 4 is 9.84 Å². The second-order valence-corrected chi connectivity index (χ2v) is 4.67. The lowest BCUT2D eigenvalue weighted by Gasteiger charge is -2.02. The molecular formula is C7H9FN2O2S. The van der Waals surface area contributed by atoms with Crippen LogP contribution in [0.15, 0.2) is 5.16 Å². The summed E-state index contributed by atoms with van der Waals surface area (Å²) in [5.41, 5.74) is 0.0980. The van der Waals surface area contributed by atoms with Gasteiger partial charge in [-0.1, -0.05) is 0 Å². The topological polar surface area (TPSA) is 59.9 Å². The van der Waals surface area contributed by atoms with Crippen LogP contribution in [0.4, 0.5) is 4.39 Å². The minimum Gasteiger partial charge on any atom is -0.221 e. The van der Waals surface area contributed by atoms with Gasteiger partial charge in [0.1, 0.15) is 0 Å². The minimum absolute atomic E-state index is 0.0490. The molecule has 0 aliphatic carbocycles. The van der Waals surface area contributed by atoms with E-state index in [-0.39, 0.29) is 16.5 Å². The second kappa shape index (κ2) is 3.02. The summed E-state index contributed by atoms with van der Waals surface area (Å²) in [5.74, 6) is -0.563. The van der Waals surface area contributed by atoms with Crippen molar-refractivity contribution in [2.24, 2.45) is 0 Å². The van der Waals surface area contributed by atoms with Gasteiger partial charge in [0.05, 0.1) is 11.4 Å². The highest BCUT2D eigenvalue weighted by Gasteiger charge is 2.15. The molecule has 1 heterocycles. The van der Waals surface area contributed by atoms with Crippen LogP contribution < -0.4 is 0 Å². The average molecular weight is 204 g/mol. The van der Waals surface area contributed by atoms with E-state index in [1.807, 2.05) is 0 Å². The smallest absolute Gasteiger partial charge is 0.221 e. The van der Waals surface area contributed by atoms with E-state index < -0.39 is 15.7 Å². The summed E-state index contributed by atoms with van der Waals surface area (Å²) < 4.78 is 35.0. The Hall–Kier alpha value is -1.04. The first-order chi connectivity index (χ1) is 5.82. The van der Waals surface area contributed by atoms with Crippen molar-refractivity contribution in [2.45, 2.75) is 19.0 Å². The Bertz CT molecular complexity index is 419. The van der Waals surface area contributed by atoms with Crippen molar-refractivity contribution < 1.29 is 12.8 Å². The molecule has 0 radical (unpaired) electrons. The summed E-state index contributed by atoms with van der Waals surface area (Å²) in [6.07, 6.45) is 0.985. The van der Waals surface area contributed by atoms with Crippen molar-refractivity contribution in [3.05, 3.63) is 17.2 Å². The van der Waals surface area contributed by atoms with E-state index in [9.17, 15) is 12.8 Å². The number of aromatic nitrogens is 2. The molecular weight excluding hydrogens is 195 g/mol. The number of aryl methyl sites for hydroxylation is 2. The summed E-state index contributed by atoms with van der Waals surface area (Å²) in [5, 5.41) is -0.330. The number of hydrogen-bond acceptors (Lipinski definition) is 4. The molecule has 0 aromatic carbocycles. The molecule has 0 aliphatic rings. The van der Waals surface area contributed by atoms with Crippen LogP contribution in [0.25, 0.3) is 0 Å². The largest absolute Gasteiger partial charge is 0.247 e. The van der Waals surface area contributed by atoms with E-state index in [0.29, 0.717) is 0 Å². The molecule has 1 aromatic rings. The second-order valence-electron chi connectivity index (χ2n) is 2.76. The van der Waals surface area contributed by atoms with Gasteiger partial charge >= 0.3 is 0 Å². The third kappa shape index (κ3) is 2.00. The summed E-state index contributed by atoms with van der Waals surface area (Å²) >= 11 is 0. The van der Waals surface area contributed by atoms with Gasteiger partial charge in [-0.15, -0.1) is 0 Å². The van der Waals surface area contributed by atoms with E-state index in [0.717, 1.165) is 6.26 Å². The molecule has 13 heavy (non-hydrogen) atoms. The molecule has 1 aromatic heterocycles. The fraction of sp³-hybridized carbons (Fsp3) is 0.429. The maximum absolute atomic E-state index is 13.0. The molecule has 0 fully saturated rings. The van der Waals surface area contributed by atoms with Gasteiger partial charge in [0.2, 0.25) is 15.0 Å². The lowest BCUT2D eigenvalue weighted by molar-refractivity contribution is 0.564. The summed E-state index contributed by atoms with van der Waals surface area (Å²) in [4.78, 5) is 7.06. The van der Waals surface area contributed by atoms with Crippen LogP contribution in [0, 0.1) is 19.7 Å². The van der Waals surface area contributed by atoms with Crippen molar-refractivity contribution in [3.8, 4) is 0 Å². The van der Waals surface area contributed by atoms with Crippen molar-refractivity contribution in [3.63, 3.8) is 0 Å². The average Bonchev–Trinajstić information content (AvgIpc) is 1.97. The van der Waals surface area contributed by atoms with Crippen molar-refractivity contribution in [2.75, 3.05) is 6.26 Å². The zero-order valence-corrected chi connectivity index (χ0v) is 8.31. The third-order valence-electron chi connectivity index (χ3n) is 1.49. The zero-order chi connectivity index (χ0) is 10.2. The van der Waals surface area contributed by atoms with Crippen LogP contribution in [-0.2, 0) is 9.84 Å². The Labute approximate surface area is 75.8 Å². The normalized spacial score (nSPS) is 11.7. The van der Waals surface area contributed by atoms with E-state index in [2.05, 4.69) is 9.97 Å². The van der Waals surface area contributed by atoms with Gasteiger partial charge < -0.3 is 0 Å². The maximum Gasteiger partial charge on any atom is 0.247 e. The minimum atomic E-state index is -3.45. The molecule has 0 aliphatic heterocycles. The van der Waals surface area contributed by atoms with Gasteiger partial charge in [-0.3, -0.25) is 0 Å². The first-order valence-electron chi connectivity index (χ1n) is 3.53. The first kappa shape index (κ1) is 10.0. The first-order valence-corrected chi connectivity index (χ1v) is 5.42. The van der Waals surface area contributed by atoms with Crippen LogP contribution in [0.5, 0.6) is 0 Å². The standard InChI is InChI=1S/C7H9FN2O2S/c1-4-6(8)5(2)10-7(9-4)13(3,11)12/h1-3H3. The Morgan fingerprint density at radius 2 is 1.54 bits per heavy atom. The molecule has 4 nitrogen and oxygen atoms in total. The SMILES string of the molecule is Cc1nc(S(C)(=O)=O)nc(C)c1F. The Kier molecular flexibility index (Phi) is 2.34. The molecule has 0 saturated heterocycles. The van der Waals surface area contributed by atoms with Gasteiger partial charge in [-0.05, 0) is 13.8 Å². The molecule has 6 heteroatoms. The van der Waals surface area contributed by atoms with Gasteiger partial charge in [-0.25, -0.2) is 22.8 Å². The van der Waals surface area contributed by atoms with E-state index in [4.69, 9.17) is 0 Å². The maximum atomic E-state index is 13.0. The van der Waals surface area contributed by atoms with Crippen molar-refractivity contribution in [1.29, 1.82) is 0 Å². The predicted octanol–water partition coefficient (Wildman–Crippen LogP) is 0.636. The fourth-order valence-electron chi connectivity index (χ4n) is 0.838. The Morgan fingerprint density at radius 3 is 1.85 bits per heavy atom. The van der Waals surface area contributed by atoms with Gasteiger partial charge in [0.25, 0.3) is 0 Å². The lowest BCUT2D eigenvalue weighted by atomic mass is 10.3. The molecule has 0 unspecified atom stereocenters. The van der Waals surface area contributed by atoms with E-state index in [1.165, 1.54) is 13.8 Å². The number of nitrogens with zero attached hydrogens (tertiary/aromatic N) is 2. The molecule has 0 saturated carbocycles. The lowest BCUT2D eigenvalue weighted by Crippen LogP contribution is -2.08. The molecule has 1 rings (SSSR count). The molecule has 72 valence electrons. The number of sulfone groups is 1. The summed E-state index contributed by atoms with van der Waals surface area (Å²) in [7, 11) is -3.45. The molecule has 0 spiro atoms. The number of rotatable bonds is 1. The number of halogens is 1. The van der Waals surface area contributed by atoms with Gasteiger partial charge in [0.15, 0.2) is 5.82 Å². The van der Waals surface area contributed by atoms with Gasteiger partial charge in [-0.2, -0.15) is 0 Å². The molecule has 0 amide bonds. The Morgan fingerprint density at radius 1 is 1.15 bits per heavy atom. The Balaban J connectivity index is 3.47. The summed E-state index contributed by atoms with van der Waals surface area (Å²) in [6.45, 7) is 2.80. The zero-order valence-electron chi connectivity index (χ0n) is 7.50. The highest BCUT2D eigenvalue weighted by atomic mass is 32.2. The highest BCUT2D eigenvalue weighted by Crippen LogP contribution is 2.10. The van der Waals surface area contributed by atoms with Gasteiger partial charge in [0, 0.05) is 6.26 Å². The van der Waals surface area contributed by atoms with Crippen LogP contribution in [-0.4, -0.2) is 24.6 Å². The van der Waals surface area contributed by atoms with Crippen LogP contribution >= 0.6 is 0 Å². The third-order valence-corrected chi connectivity index (χ3v) is 2.34. The van der Waals surface area contributed by atoms with Crippen LogP contribution in [0.2, 0.25) is 0 Å². The molecule has 0 atom stereocenters. The molecule has 0 bridgehead atoms. The molecule has 0 N–H and O–H groups in total. The van der Waals surface area contributed by atoms with Crippen LogP contribution in [0.1, 0.15) is 11.4 Å². The van der Waals surface area contributed by atoms with Crippen LogP contribution in [0.3, 0.4) is 0 Å². The quantitative estimate of drug-likeness (QED) is 0.630. The summed E-state index contributed by atoms with van der Waals surface area (Å²) in [6, 6.07) is 0. The number of hydrogen-bond donors (Lipinski definition) is 0. The van der Waals surface area contributed by atoms with E-state index in [1.54, 1.807) is 0 Å². The van der Waals surface area contributed by atoms with Crippen molar-refractivity contribution in [1.82, 2.24) is 9.97 Å². The van der Waals surface area contributed by atoms with E-state index >= 15 is 0 Å². The monoisotopic (exact) mass is 204 g/mol. The highest BCUT2D eigenvalue weighted by molar-refractivity contribution is 7.90. The predicted molar refractivity (Wildman–Crippen MR) is 44.6 cm³/mol. The fourth-order valence-corrected chi connectivity index (χ4v) is 1.44.